The highest BCUT2D eigenvalue weighted by atomic mass is 16.5. The van der Waals surface area contributed by atoms with Crippen molar-refractivity contribution in [3.05, 3.63) is 54.1 Å². The van der Waals surface area contributed by atoms with Crippen molar-refractivity contribution in [2.75, 3.05) is 19.0 Å². The number of carbonyl (C=O) groups is 2. The summed E-state index contributed by atoms with van der Waals surface area (Å²) >= 11 is 0. The van der Waals surface area contributed by atoms with E-state index < -0.39 is 0 Å². The lowest BCUT2D eigenvalue weighted by atomic mass is 10.2. The molecule has 2 N–H and O–H groups in total. The Morgan fingerprint density at radius 2 is 1.59 bits per heavy atom. The maximum Gasteiger partial charge on any atom is 0.240 e. The second-order valence-electron chi connectivity index (χ2n) is 5.57. The minimum absolute atomic E-state index is 0.0445. The predicted octanol–water partition coefficient (Wildman–Crippen LogP) is 2.96. The first-order valence-corrected chi connectivity index (χ1v) is 8.59. The third-order valence-electron chi connectivity index (χ3n) is 3.55. The van der Waals surface area contributed by atoms with Crippen molar-refractivity contribution in [2.45, 2.75) is 19.8 Å². The van der Waals surface area contributed by atoms with Gasteiger partial charge in [-0.25, -0.2) is 5.43 Å². The Hall–Kier alpha value is -3.35. The zero-order valence-electron chi connectivity index (χ0n) is 15.4. The first-order valence-electron chi connectivity index (χ1n) is 8.59. The Morgan fingerprint density at radius 3 is 2.22 bits per heavy atom. The quantitative estimate of drug-likeness (QED) is 0.525. The maximum atomic E-state index is 11.9. The smallest absolute Gasteiger partial charge is 0.240 e. The molecule has 0 atom stereocenters. The summed E-state index contributed by atoms with van der Waals surface area (Å²) in [6, 6.07) is 14.3. The van der Waals surface area contributed by atoms with E-state index >= 15 is 0 Å². The second kappa shape index (κ2) is 10.6. The third kappa shape index (κ3) is 7.19. The summed E-state index contributed by atoms with van der Waals surface area (Å²) in [7, 11) is 1.59. The van der Waals surface area contributed by atoms with Gasteiger partial charge in [-0.3, -0.25) is 9.59 Å². The van der Waals surface area contributed by atoms with Crippen LogP contribution >= 0.6 is 0 Å². The van der Waals surface area contributed by atoms with E-state index in [1.54, 1.807) is 43.5 Å². The van der Waals surface area contributed by atoms with Crippen LogP contribution in [0.2, 0.25) is 0 Å². The number of hydrogen-bond donors (Lipinski definition) is 2. The number of hydrogen-bond acceptors (Lipinski definition) is 5. The number of hydrazone groups is 1. The van der Waals surface area contributed by atoms with Gasteiger partial charge >= 0.3 is 0 Å². The van der Waals surface area contributed by atoms with Gasteiger partial charge in [-0.15, -0.1) is 0 Å². The molecule has 2 rings (SSSR count). The van der Waals surface area contributed by atoms with Crippen molar-refractivity contribution < 1.29 is 19.1 Å². The Bertz CT molecular complexity index is 771. The lowest BCUT2D eigenvalue weighted by Crippen LogP contribution is -2.20. The molecular formula is C20H23N3O4. The summed E-state index contributed by atoms with van der Waals surface area (Å²) in [5, 5.41) is 6.61. The maximum absolute atomic E-state index is 11.9. The molecule has 7 heteroatoms. The monoisotopic (exact) mass is 369 g/mol. The van der Waals surface area contributed by atoms with Crippen LogP contribution in [0, 0.1) is 0 Å². The fourth-order valence-corrected chi connectivity index (χ4v) is 2.18. The zero-order valence-corrected chi connectivity index (χ0v) is 15.4. The fourth-order valence-electron chi connectivity index (χ4n) is 2.18. The molecule has 142 valence electrons. The van der Waals surface area contributed by atoms with Crippen LogP contribution in [0.3, 0.4) is 0 Å². The van der Waals surface area contributed by atoms with E-state index in [4.69, 9.17) is 9.47 Å². The van der Waals surface area contributed by atoms with Gasteiger partial charge < -0.3 is 14.8 Å². The molecule has 0 spiro atoms. The number of rotatable bonds is 9. The van der Waals surface area contributed by atoms with E-state index in [0.717, 1.165) is 17.1 Å². The van der Waals surface area contributed by atoms with E-state index in [1.807, 2.05) is 19.1 Å². The fraction of sp³-hybridized carbons (Fsp3) is 0.250. The van der Waals surface area contributed by atoms with Crippen LogP contribution in [0.15, 0.2) is 53.6 Å². The molecule has 0 fully saturated rings. The van der Waals surface area contributed by atoms with Crippen LogP contribution in [0.25, 0.3) is 0 Å². The summed E-state index contributed by atoms with van der Waals surface area (Å²) in [5.74, 6) is 0.911. The van der Waals surface area contributed by atoms with Crippen molar-refractivity contribution >= 4 is 23.7 Å². The number of amides is 2. The Labute approximate surface area is 158 Å². The molecule has 0 heterocycles. The molecule has 0 aliphatic heterocycles. The van der Waals surface area contributed by atoms with Crippen LogP contribution in [-0.4, -0.2) is 31.7 Å². The van der Waals surface area contributed by atoms with Gasteiger partial charge in [0.2, 0.25) is 11.8 Å². The number of ether oxygens (including phenoxy) is 2. The van der Waals surface area contributed by atoms with Crippen molar-refractivity contribution in [3.8, 4) is 11.5 Å². The van der Waals surface area contributed by atoms with Gasteiger partial charge in [-0.1, -0.05) is 0 Å². The minimum Gasteiger partial charge on any atom is -0.497 e. The molecule has 0 unspecified atom stereocenters. The zero-order chi connectivity index (χ0) is 19.5. The number of anilines is 1. The lowest BCUT2D eigenvalue weighted by Gasteiger charge is -2.07. The molecule has 2 aromatic carbocycles. The van der Waals surface area contributed by atoms with Gasteiger partial charge in [0, 0.05) is 18.5 Å². The van der Waals surface area contributed by atoms with Crippen molar-refractivity contribution in [2.24, 2.45) is 5.10 Å². The number of methoxy groups -OCH3 is 1. The topological polar surface area (TPSA) is 89.0 Å². The minimum atomic E-state index is -0.332. The van der Waals surface area contributed by atoms with Gasteiger partial charge in [0.25, 0.3) is 0 Å². The van der Waals surface area contributed by atoms with E-state index in [2.05, 4.69) is 15.8 Å². The molecule has 0 bridgehead atoms. The summed E-state index contributed by atoms with van der Waals surface area (Å²) in [6.45, 7) is 2.49. The molecule has 0 radical (unpaired) electrons. The molecule has 0 aromatic heterocycles. The lowest BCUT2D eigenvalue weighted by molar-refractivity contribution is -0.124. The van der Waals surface area contributed by atoms with E-state index in [9.17, 15) is 9.59 Å². The number of nitrogens with one attached hydrogen (secondary N) is 2. The predicted molar refractivity (Wildman–Crippen MR) is 104 cm³/mol. The highest BCUT2D eigenvalue weighted by Crippen LogP contribution is 2.15. The average molecular weight is 369 g/mol. The van der Waals surface area contributed by atoms with Crippen molar-refractivity contribution in [1.29, 1.82) is 0 Å². The highest BCUT2D eigenvalue weighted by Gasteiger charge is 2.07. The molecular weight excluding hydrogens is 346 g/mol. The number of nitrogens with zero attached hydrogens (tertiary/aromatic N) is 1. The third-order valence-corrected chi connectivity index (χ3v) is 3.55. The van der Waals surface area contributed by atoms with E-state index in [1.165, 1.54) is 6.21 Å². The van der Waals surface area contributed by atoms with E-state index in [0.29, 0.717) is 12.3 Å². The van der Waals surface area contributed by atoms with Gasteiger partial charge in [0.1, 0.15) is 11.5 Å². The first kappa shape index (κ1) is 20.0. The van der Waals surface area contributed by atoms with Crippen LogP contribution in [-0.2, 0) is 9.59 Å². The Balaban J connectivity index is 1.70. The normalized spacial score (nSPS) is 10.4. The molecule has 0 aliphatic carbocycles. The molecule has 27 heavy (non-hydrogen) atoms. The largest absolute Gasteiger partial charge is 0.497 e. The van der Waals surface area contributed by atoms with Crippen LogP contribution < -0.4 is 20.2 Å². The number of carbonyl (C=O) groups excluding carboxylic acids is 2. The SMILES string of the molecule is CCOc1ccc(NC(=O)CCC(=O)N/N=C/c2ccc(OC)cc2)cc1. The molecule has 0 saturated carbocycles. The second-order valence-corrected chi connectivity index (χ2v) is 5.57. The summed E-state index contributed by atoms with van der Waals surface area (Å²) in [6.07, 6.45) is 1.64. The first-order chi connectivity index (χ1) is 13.1. The molecule has 2 amide bonds. The average Bonchev–Trinajstić information content (AvgIpc) is 2.69. The van der Waals surface area contributed by atoms with Crippen LogP contribution in [0.1, 0.15) is 25.3 Å². The van der Waals surface area contributed by atoms with E-state index in [-0.39, 0.29) is 24.7 Å². The van der Waals surface area contributed by atoms with Gasteiger partial charge in [0.15, 0.2) is 0 Å². The Morgan fingerprint density at radius 1 is 0.963 bits per heavy atom. The van der Waals surface area contributed by atoms with Crippen molar-refractivity contribution in [3.63, 3.8) is 0 Å². The molecule has 7 nitrogen and oxygen atoms in total. The van der Waals surface area contributed by atoms with Crippen LogP contribution in [0.4, 0.5) is 5.69 Å². The summed E-state index contributed by atoms with van der Waals surface area (Å²) in [5.41, 5.74) is 3.88. The van der Waals surface area contributed by atoms with Gasteiger partial charge in [0.05, 0.1) is 19.9 Å². The summed E-state index contributed by atoms with van der Waals surface area (Å²) in [4.78, 5) is 23.7. The molecule has 2 aromatic rings. The van der Waals surface area contributed by atoms with Crippen LogP contribution in [0.5, 0.6) is 11.5 Å². The summed E-state index contributed by atoms with van der Waals surface area (Å²) < 4.78 is 10.4. The number of benzene rings is 2. The highest BCUT2D eigenvalue weighted by molar-refractivity contribution is 5.93. The molecule has 0 saturated heterocycles. The Kier molecular flexibility index (Phi) is 7.84. The van der Waals surface area contributed by atoms with Gasteiger partial charge in [-0.05, 0) is 61.0 Å². The van der Waals surface area contributed by atoms with Gasteiger partial charge in [-0.2, -0.15) is 5.10 Å². The van der Waals surface area contributed by atoms with Crippen molar-refractivity contribution in [1.82, 2.24) is 5.43 Å². The standard InChI is InChI=1S/C20H23N3O4/c1-3-27-18-10-6-16(7-11-18)22-19(24)12-13-20(25)23-21-14-15-4-8-17(26-2)9-5-15/h4-11,14H,3,12-13H2,1-2H3,(H,22,24)(H,23,25)/b21-14+. The molecule has 0 aliphatic rings.